The van der Waals surface area contributed by atoms with Crippen molar-refractivity contribution in [2.45, 2.75) is 22.2 Å². The molecule has 0 fully saturated rings. The zero-order chi connectivity index (χ0) is 48.0. The maximum Gasteiger partial charge on any atom is 0.118 e. The third-order valence-corrected chi connectivity index (χ3v) is 15.7. The van der Waals surface area contributed by atoms with Gasteiger partial charge in [0.15, 0.2) is 0 Å². The fourth-order valence-electron chi connectivity index (χ4n) is 13.1. The molecule has 11 aromatic carbocycles. The van der Waals surface area contributed by atoms with Gasteiger partial charge in [0.25, 0.3) is 0 Å². The molecule has 2 heteroatoms. The first-order valence-electron chi connectivity index (χ1n) is 25.1. The van der Waals surface area contributed by atoms with Gasteiger partial charge in [0.2, 0.25) is 0 Å². The normalized spacial score (nSPS) is 15.6. The van der Waals surface area contributed by atoms with Crippen LogP contribution in [0.5, 0.6) is 0 Å². The van der Waals surface area contributed by atoms with Crippen LogP contribution in [0.4, 0.5) is 11.4 Å². The molecule has 342 valence electrons. The monoisotopic (exact) mass is 920 g/mol. The Kier molecular flexibility index (Phi) is 10.4. The molecule has 2 aliphatic heterocycles. The fourth-order valence-corrected chi connectivity index (χ4v) is 13.1. The van der Waals surface area contributed by atoms with Gasteiger partial charge in [-0.25, -0.2) is 0 Å². The smallest absolute Gasteiger partial charge is 0.118 e. The third-order valence-electron chi connectivity index (χ3n) is 15.7. The molecule has 0 aliphatic carbocycles. The summed E-state index contributed by atoms with van der Waals surface area (Å²) in [5.74, 6) is 0. The Labute approximate surface area is 423 Å². The highest BCUT2D eigenvalue weighted by atomic mass is 15.3. The van der Waals surface area contributed by atoms with Gasteiger partial charge in [0.1, 0.15) is 22.2 Å². The van der Waals surface area contributed by atoms with E-state index in [0.717, 1.165) is 11.4 Å². The Morgan fingerprint density at radius 1 is 0.153 bits per heavy atom. The largest absolute Gasteiger partial charge is 0.336 e. The van der Waals surface area contributed by atoms with Crippen LogP contribution in [0.25, 0.3) is 0 Å². The summed E-state index contributed by atoms with van der Waals surface area (Å²) >= 11 is 0. The zero-order valence-electron chi connectivity index (χ0n) is 39.9. The lowest BCUT2D eigenvalue weighted by molar-refractivity contribution is 0.492. The molecule has 2 aliphatic rings. The van der Waals surface area contributed by atoms with Gasteiger partial charge in [-0.1, -0.05) is 291 Å². The number of anilines is 2. The Morgan fingerprint density at radius 2 is 0.292 bits per heavy atom. The Bertz CT molecular complexity index is 2980. The van der Waals surface area contributed by atoms with E-state index in [1.165, 1.54) is 66.8 Å². The van der Waals surface area contributed by atoms with Crippen molar-refractivity contribution in [1.82, 2.24) is 0 Å². The number of fused-ring (bicyclic) bond motifs is 2. The van der Waals surface area contributed by atoms with E-state index in [9.17, 15) is 0 Å². The summed E-state index contributed by atoms with van der Waals surface area (Å²) in [5.41, 5.74) is 13.5. The van der Waals surface area contributed by atoms with Crippen LogP contribution in [0.3, 0.4) is 0 Å². The number of nitrogens with zero attached hydrogens (tertiary/aromatic N) is 2. The summed E-state index contributed by atoms with van der Waals surface area (Å²) in [6, 6.07) is 117. The topological polar surface area (TPSA) is 6.48 Å². The van der Waals surface area contributed by atoms with Crippen molar-refractivity contribution < 1.29 is 0 Å². The molecule has 0 atom stereocenters. The van der Waals surface area contributed by atoms with E-state index in [0.29, 0.717) is 0 Å². The molecule has 0 N–H and O–H groups in total. The number of hydrogen-bond donors (Lipinski definition) is 0. The SMILES string of the molecule is c1ccc(C2(c3ccccc3)c3ccccc3C(c3ccccc3)(c3ccccc3)N2c2ccc(N3C(c4ccccc4)(c4ccccc4)c4ccccc4C3(c3ccccc3)c3ccccc3)cc2)cc1. The predicted octanol–water partition coefficient (Wildman–Crippen LogP) is 15.9. The highest BCUT2D eigenvalue weighted by molar-refractivity contribution is 5.82. The van der Waals surface area contributed by atoms with Gasteiger partial charge in [-0.2, -0.15) is 0 Å². The van der Waals surface area contributed by atoms with Crippen LogP contribution in [0, 0.1) is 0 Å². The van der Waals surface area contributed by atoms with E-state index in [1.807, 2.05) is 0 Å². The molecule has 72 heavy (non-hydrogen) atoms. The van der Waals surface area contributed by atoms with Crippen LogP contribution in [0.1, 0.15) is 66.8 Å². The van der Waals surface area contributed by atoms with E-state index >= 15 is 0 Å². The first kappa shape index (κ1) is 43.1. The van der Waals surface area contributed by atoms with Gasteiger partial charge in [0, 0.05) is 11.4 Å². The van der Waals surface area contributed by atoms with Crippen molar-refractivity contribution in [2.24, 2.45) is 0 Å². The first-order chi connectivity index (χ1) is 35.8. The molecular formula is C70H52N2. The Morgan fingerprint density at radius 3 is 0.444 bits per heavy atom. The van der Waals surface area contributed by atoms with Crippen molar-refractivity contribution in [2.75, 3.05) is 9.80 Å². The Balaban J connectivity index is 1.17. The molecule has 11 aromatic rings. The number of rotatable bonds is 10. The molecule has 0 bridgehead atoms. The molecule has 0 amide bonds. The molecule has 13 rings (SSSR count). The van der Waals surface area contributed by atoms with E-state index < -0.39 is 22.2 Å². The summed E-state index contributed by atoms with van der Waals surface area (Å²) in [6.07, 6.45) is 0. The van der Waals surface area contributed by atoms with Crippen LogP contribution >= 0.6 is 0 Å². The van der Waals surface area contributed by atoms with Gasteiger partial charge in [0.05, 0.1) is 0 Å². The predicted molar refractivity (Wildman–Crippen MR) is 295 cm³/mol. The minimum atomic E-state index is -0.786. The average Bonchev–Trinajstić information content (AvgIpc) is 3.92. The molecule has 0 saturated carbocycles. The van der Waals surface area contributed by atoms with Crippen LogP contribution in [0.2, 0.25) is 0 Å². The summed E-state index contributed by atoms with van der Waals surface area (Å²) in [4.78, 5) is 5.51. The third kappa shape index (κ3) is 6.02. The first-order valence-corrected chi connectivity index (χ1v) is 25.1. The maximum absolute atomic E-state index is 2.76. The van der Waals surface area contributed by atoms with Crippen LogP contribution in [0.15, 0.2) is 315 Å². The van der Waals surface area contributed by atoms with Gasteiger partial charge in [-0.05, 0) is 91.0 Å². The number of benzene rings is 11. The highest BCUT2D eigenvalue weighted by Crippen LogP contribution is 2.65. The van der Waals surface area contributed by atoms with Gasteiger partial charge >= 0.3 is 0 Å². The van der Waals surface area contributed by atoms with Crippen molar-refractivity contribution >= 4 is 11.4 Å². The lowest BCUT2D eigenvalue weighted by Gasteiger charge is -2.52. The average molecular weight is 921 g/mol. The van der Waals surface area contributed by atoms with Crippen molar-refractivity contribution in [3.63, 3.8) is 0 Å². The minimum Gasteiger partial charge on any atom is -0.336 e. The lowest BCUT2D eigenvalue weighted by atomic mass is 9.76. The molecular weight excluding hydrogens is 869 g/mol. The minimum absolute atomic E-state index is 0.786. The van der Waals surface area contributed by atoms with Gasteiger partial charge in [-0.15, -0.1) is 0 Å². The summed E-state index contributed by atoms with van der Waals surface area (Å²) in [5, 5.41) is 0. The summed E-state index contributed by atoms with van der Waals surface area (Å²) < 4.78 is 0. The van der Waals surface area contributed by atoms with E-state index in [2.05, 4.69) is 325 Å². The van der Waals surface area contributed by atoms with Crippen LogP contribution < -0.4 is 9.80 Å². The fraction of sp³-hybridized carbons (Fsp3) is 0.0571. The summed E-state index contributed by atoms with van der Waals surface area (Å²) in [7, 11) is 0. The standard InChI is InChI=1S/C70H52N2/c1-9-29-53(30-10-1)67(54-31-11-2-12-32-54)63-45-25-26-46-64(63)68(55-33-13-3-14-34-55,56-35-15-4-16-36-56)71(67)61-49-51-62(52-50-61)72-69(57-37-17-5-18-38-57,58-39-19-6-20-40-58)65-47-27-28-48-66(65)70(72,59-41-21-7-22-42-59)60-43-23-8-24-44-60/h1-52H. The van der Waals surface area contributed by atoms with Crippen molar-refractivity contribution in [3.8, 4) is 0 Å². The highest BCUT2D eigenvalue weighted by Gasteiger charge is 2.63. The molecule has 0 spiro atoms. The van der Waals surface area contributed by atoms with Crippen LogP contribution in [-0.4, -0.2) is 0 Å². The second-order valence-electron chi connectivity index (χ2n) is 19.0. The molecule has 2 nitrogen and oxygen atoms in total. The second-order valence-corrected chi connectivity index (χ2v) is 19.0. The Hall–Kier alpha value is -8.98. The quantitative estimate of drug-likeness (QED) is 0.135. The van der Waals surface area contributed by atoms with Crippen molar-refractivity contribution in [1.29, 1.82) is 0 Å². The van der Waals surface area contributed by atoms with Gasteiger partial charge < -0.3 is 9.80 Å². The van der Waals surface area contributed by atoms with Crippen molar-refractivity contribution in [3.05, 3.63) is 382 Å². The van der Waals surface area contributed by atoms with E-state index in [4.69, 9.17) is 0 Å². The molecule has 0 saturated heterocycles. The van der Waals surface area contributed by atoms with Gasteiger partial charge in [-0.3, -0.25) is 0 Å². The van der Waals surface area contributed by atoms with Crippen LogP contribution in [-0.2, 0) is 22.2 Å². The number of hydrogen-bond acceptors (Lipinski definition) is 2. The molecule has 2 heterocycles. The molecule has 0 unspecified atom stereocenters. The molecule has 0 radical (unpaired) electrons. The van der Waals surface area contributed by atoms with E-state index in [-0.39, 0.29) is 0 Å². The lowest BCUT2D eigenvalue weighted by Crippen LogP contribution is -2.54. The zero-order valence-corrected chi connectivity index (χ0v) is 39.9. The summed E-state index contributed by atoms with van der Waals surface area (Å²) in [6.45, 7) is 0. The van der Waals surface area contributed by atoms with E-state index in [1.54, 1.807) is 0 Å². The maximum atomic E-state index is 2.76. The second kappa shape index (κ2) is 17.5. The molecule has 0 aromatic heterocycles.